The van der Waals surface area contributed by atoms with Crippen LogP contribution in [0.2, 0.25) is 5.02 Å². The predicted molar refractivity (Wildman–Crippen MR) is 73.9 cm³/mol. The van der Waals surface area contributed by atoms with Crippen LogP contribution >= 0.6 is 11.6 Å². The van der Waals surface area contributed by atoms with E-state index in [4.69, 9.17) is 16.3 Å². The summed E-state index contributed by atoms with van der Waals surface area (Å²) in [4.78, 5) is 0. The first kappa shape index (κ1) is 14.5. The third-order valence-electron chi connectivity index (χ3n) is 3.24. The summed E-state index contributed by atoms with van der Waals surface area (Å²) in [5.74, 6) is 0.435. The summed E-state index contributed by atoms with van der Waals surface area (Å²) in [6.45, 7) is 8.05. The Morgan fingerprint density at radius 1 is 1.35 bits per heavy atom. The fourth-order valence-electron chi connectivity index (χ4n) is 1.75. The zero-order valence-corrected chi connectivity index (χ0v) is 11.8. The average molecular weight is 256 g/mol. The van der Waals surface area contributed by atoms with Crippen LogP contribution in [0.4, 0.5) is 0 Å². The minimum absolute atomic E-state index is 0.406. The zero-order valence-electron chi connectivity index (χ0n) is 11.1. The molecule has 0 aliphatic carbocycles. The van der Waals surface area contributed by atoms with Crippen LogP contribution < -0.4 is 5.32 Å². The Balaban J connectivity index is 2.61. The lowest BCUT2D eigenvalue weighted by Crippen LogP contribution is -2.33. The van der Waals surface area contributed by atoms with E-state index in [0.29, 0.717) is 12.0 Å². The van der Waals surface area contributed by atoms with Crippen molar-refractivity contribution in [3.63, 3.8) is 0 Å². The maximum Gasteiger partial charge on any atom is 0.0587 e. The van der Waals surface area contributed by atoms with E-state index in [2.05, 4.69) is 37.4 Å². The van der Waals surface area contributed by atoms with Crippen molar-refractivity contribution in [1.82, 2.24) is 5.32 Å². The largest absolute Gasteiger partial charge is 0.383 e. The van der Waals surface area contributed by atoms with E-state index in [1.54, 1.807) is 7.11 Å². The molecule has 0 fully saturated rings. The molecule has 0 aromatic heterocycles. The maximum atomic E-state index is 6.15. The minimum Gasteiger partial charge on any atom is -0.383 e. The third-order valence-corrected chi connectivity index (χ3v) is 3.65. The molecule has 2 atom stereocenters. The second-order valence-corrected chi connectivity index (χ2v) is 4.94. The highest BCUT2D eigenvalue weighted by atomic mass is 35.5. The summed E-state index contributed by atoms with van der Waals surface area (Å²) >= 11 is 6.15. The van der Waals surface area contributed by atoms with Gasteiger partial charge in [-0.1, -0.05) is 30.7 Å². The number of halogens is 1. The normalized spacial score (nSPS) is 14.6. The van der Waals surface area contributed by atoms with Gasteiger partial charge >= 0.3 is 0 Å². The molecule has 0 heterocycles. The number of hydrogen-bond acceptors (Lipinski definition) is 2. The monoisotopic (exact) mass is 255 g/mol. The first-order chi connectivity index (χ1) is 8.06. The second kappa shape index (κ2) is 7.00. The predicted octanol–water partition coefficient (Wildman–Crippen LogP) is 3.38. The molecule has 1 N–H and O–H groups in total. The summed E-state index contributed by atoms with van der Waals surface area (Å²) < 4.78 is 5.03. The van der Waals surface area contributed by atoms with Crippen LogP contribution in [0.5, 0.6) is 0 Å². The molecular weight excluding hydrogens is 234 g/mol. The van der Waals surface area contributed by atoms with Gasteiger partial charge in [-0.3, -0.25) is 0 Å². The highest BCUT2D eigenvalue weighted by molar-refractivity contribution is 6.31. The van der Waals surface area contributed by atoms with Crippen molar-refractivity contribution in [2.45, 2.75) is 32.7 Å². The number of rotatable bonds is 6. The Morgan fingerprint density at radius 3 is 2.65 bits per heavy atom. The van der Waals surface area contributed by atoms with Crippen molar-refractivity contribution >= 4 is 11.6 Å². The first-order valence-corrected chi connectivity index (χ1v) is 6.42. The molecule has 3 heteroatoms. The third kappa shape index (κ3) is 4.30. The molecule has 0 aliphatic heterocycles. The van der Waals surface area contributed by atoms with Crippen molar-refractivity contribution in [2.75, 3.05) is 20.3 Å². The maximum absolute atomic E-state index is 6.15. The molecule has 17 heavy (non-hydrogen) atoms. The summed E-state index contributed by atoms with van der Waals surface area (Å²) in [5, 5.41) is 4.29. The van der Waals surface area contributed by atoms with Gasteiger partial charge in [-0.2, -0.15) is 0 Å². The standard InChI is InChI=1S/C14H22ClNO/c1-10-5-6-13(9-14(10)15)11(2)12(3)16-7-8-17-4/h5-6,9,11-12,16H,7-8H2,1-4H3. The first-order valence-electron chi connectivity index (χ1n) is 6.04. The van der Waals surface area contributed by atoms with E-state index in [9.17, 15) is 0 Å². The summed E-state index contributed by atoms with van der Waals surface area (Å²) in [5.41, 5.74) is 2.40. The molecule has 0 amide bonds. The lowest BCUT2D eigenvalue weighted by Gasteiger charge is -2.22. The number of methoxy groups -OCH3 is 1. The van der Waals surface area contributed by atoms with Gasteiger partial charge in [0.15, 0.2) is 0 Å². The van der Waals surface area contributed by atoms with Crippen molar-refractivity contribution in [3.8, 4) is 0 Å². The molecule has 0 bridgehead atoms. The van der Waals surface area contributed by atoms with Gasteiger partial charge in [0, 0.05) is 24.7 Å². The fraction of sp³-hybridized carbons (Fsp3) is 0.571. The fourth-order valence-corrected chi connectivity index (χ4v) is 1.94. The van der Waals surface area contributed by atoms with Crippen LogP contribution in [-0.4, -0.2) is 26.3 Å². The molecule has 1 aromatic carbocycles. The lowest BCUT2D eigenvalue weighted by molar-refractivity contribution is 0.195. The quantitative estimate of drug-likeness (QED) is 0.787. The minimum atomic E-state index is 0.406. The number of hydrogen-bond donors (Lipinski definition) is 1. The van der Waals surface area contributed by atoms with Crippen molar-refractivity contribution in [2.24, 2.45) is 0 Å². The molecular formula is C14H22ClNO. The van der Waals surface area contributed by atoms with Gasteiger partial charge in [0.25, 0.3) is 0 Å². The Morgan fingerprint density at radius 2 is 2.06 bits per heavy atom. The number of nitrogens with one attached hydrogen (secondary N) is 1. The molecule has 0 spiro atoms. The molecule has 0 saturated heterocycles. The Hall–Kier alpha value is -0.570. The zero-order chi connectivity index (χ0) is 12.8. The number of ether oxygens (including phenoxy) is 1. The average Bonchev–Trinajstić information content (AvgIpc) is 2.32. The number of aryl methyl sites for hydroxylation is 1. The van der Waals surface area contributed by atoms with Gasteiger partial charge < -0.3 is 10.1 Å². The topological polar surface area (TPSA) is 21.3 Å². The molecule has 1 aromatic rings. The van der Waals surface area contributed by atoms with E-state index in [-0.39, 0.29) is 0 Å². The van der Waals surface area contributed by atoms with E-state index in [0.717, 1.165) is 23.7 Å². The van der Waals surface area contributed by atoms with Gasteiger partial charge in [-0.05, 0) is 37.0 Å². The van der Waals surface area contributed by atoms with Crippen LogP contribution in [0.15, 0.2) is 18.2 Å². The van der Waals surface area contributed by atoms with Crippen LogP contribution in [0, 0.1) is 6.92 Å². The van der Waals surface area contributed by atoms with Crippen LogP contribution in [0.1, 0.15) is 30.9 Å². The van der Waals surface area contributed by atoms with E-state index in [1.165, 1.54) is 5.56 Å². The lowest BCUT2D eigenvalue weighted by atomic mass is 9.94. The van der Waals surface area contributed by atoms with Gasteiger partial charge in [0.2, 0.25) is 0 Å². The van der Waals surface area contributed by atoms with Crippen molar-refractivity contribution < 1.29 is 4.74 Å². The highest BCUT2D eigenvalue weighted by Crippen LogP contribution is 2.24. The van der Waals surface area contributed by atoms with E-state index >= 15 is 0 Å². The van der Waals surface area contributed by atoms with Crippen LogP contribution in [0.25, 0.3) is 0 Å². The molecule has 2 unspecified atom stereocenters. The van der Waals surface area contributed by atoms with Crippen molar-refractivity contribution in [1.29, 1.82) is 0 Å². The molecule has 2 nitrogen and oxygen atoms in total. The van der Waals surface area contributed by atoms with E-state index < -0.39 is 0 Å². The van der Waals surface area contributed by atoms with Gasteiger partial charge in [-0.15, -0.1) is 0 Å². The van der Waals surface area contributed by atoms with Crippen molar-refractivity contribution in [3.05, 3.63) is 34.3 Å². The Bertz CT molecular complexity index is 354. The summed E-state index contributed by atoms with van der Waals surface area (Å²) in [6.07, 6.45) is 0. The van der Waals surface area contributed by atoms with Gasteiger partial charge in [-0.25, -0.2) is 0 Å². The van der Waals surface area contributed by atoms with Crippen LogP contribution in [0.3, 0.4) is 0 Å². The Kier molecular flexibility index (Phi) is 5.96. The molecule has 0 saturated carbocycles. The highest BCUT2D eigenvalue weighted by Gasteiger charge is 2.14. The van der Waals surface area contributed by atoms with Gasteiger partial charge in [0.05, 0.1) is 6.61 Å². The molecule has 96 valence electrons. The summed E-state index contributed by atoms with van der Waals surface area (Å²) in [6, 6.07) is 6.70. The molecule has 0 radical (unpaired) electrons. The smallest absolute Gasteiger partial charge is 0.0587 e. The van der Waals surface area contributed by atoms with E-state index in [1.807, 2.05) is 6.92 Å². The molecule has 1 rings (SSSR count). The number of benzene rings is 1. The van der Waals surface area contributed by atoms with Crippen LogP contribution in [-0.2, 0) is 4.74 Å². The second-order valence-electron chi connectivity index (χ2n) is 4.53. The SMILES string of the molecule is COCCNC(C)C(C)c1ccc(C)c(Cl)c1. The molecule has 0 aliphatic rings. The van der Waals surface area contributed by atoms with Gasteiger partial charge in [0.1, 0.15) is 0 Å². The Labute approximate surface area is 109 Å². The summed E-state index contributed by atoms with van der Waals surface area (Å²) in [7, 11) is 1.72.